The lowest BCUT2D eigenvalue weighted by Gasteiger charge is -2.33. The van der Waals surface area contributed by atoms with Crippen molar-refractivity contribution in [2.75, 3.05) is 13.1 Å². The molecule has 1 N–H and O–H groups in total. The largest absolute Gasteiger partial charge is 0.343 e. The monoisotopic (exact) mass is 396 g/mol. The molecule has 0 bridgehead atoms. The number of nitrogens with zero attached hydrogens (tertiary/aromatic N) is 1. The van der Waals surface area contributed by atoms with Gasteiger partial charge >= 0.3 is 0 Å². The van der Waals surface area contributed by atoms with Crippen LogP contribution in [0.5, 0.6) is 0 Å². The zero-order valence-electron chi connectivity index (χ0n) is 14.7. The third-order valence-corrected chi connectivity index (χ3v) is 6.02. The Balaban J connectivity index is 1.53. The molecule has 0 aromatic heterocycles. The Labute approximate surface area is 163 Å². The van der Waals surface area contributed by atoms with Crippen LogP contribution >= 0.6 is 23.2 Å². The summed E-state index contributed by atoms with van der Waals surface area (Å²) in [5, 5.41) is 3.60. The molecule has 0 unspecified atom stereocenters. The molecule has 5 nitrogen and oxygen atoms in total. The second-order valence-electron chi connectivity index (χ2n) is 7.11. The number of imide groups is 1. The van der Waals surface area contributed by atoms with E-state index in [9.17, 15) is 14.4 Å². The van der Waals surface area contributed by atoms with Crippen molar-refractivity contribution in [1.29, 1.82) is 0 Å². The molecule has 140 valence electrons. The highest BCUT2D eigenvalue weighted by Crippen LogP contribution is 2.35. The van der Waals surface area contributed by atoms with Crippen molar-refractivity contribution in [2.45, 2.75) is 44.9 Å². The molecule has 2 saturated heterocycles. The molecule has 1 atom stereocenters. The molecule has 1 aromatic rings. The lowest BCUT2D eigenvalue weighted by atomic mass is 9.86. The molecule has 2 aliphatic rings. The van der Waals surface area contributed by atoms with Crippen LogP contribution < -0.4 is 5.32 Å². The predicted molar refractivity (Wildman–Crippen MR) is 100 cm³/mol. The summed E-state index contributed by atoms with van der Waals surface area (Å²) in [7, 11) is 0. The van der Waals surface area contributed by atoms with Gasteiger partial charge in [0.15, 0.2) is 0 Å². The zero-order valence-corrected chi connectivity index (χ0v) is 16.2. The summed E-state index contributed by atoms with van der Waals surface area (Å²) in [6, 6.07) is 3.73. The summed E-state index contributed by atoms with van der Waals surface area (Å²) >= 11 is 12.4. The summed E-state index contributed by atoms with van der Waals surface area (Å²) in [5.41, 5.74) is 2.22. The van der Waals surface area contributed by atoms with Crippen molar-refractivity contribution >= 4 is 40.9 Å². The van der Waals surface area contributed by atoms with E-state index >= 15 is 0 Å². The fourth-order valence-corrected chi connectivity index (χ4v) is 4.33. The van der Waals surface area contributed by atoms with E-state index in [2.05, 4.69) is 5.32 Å². The van der Waals surface area contributed by atoms with Gasteiger partial charge in [-0.05, 0) is 55.4 Å². The minimum Gasteiger partial charge on any atom is -0.343 e. The molecule has 0 spiro atoms. The third-order valence-electron chi connectivity index (χ3n) is 5.41. The first-order valence-electron chi connectivity index (χ1n) is 8.92. The van der Waals surface area contributed by atoms with Gasteiger partial charge in [0.1, 0.15) is 0 Å². The van der Waals surface area contributed by atoms with Gasteiger partial charge in [-0.3, -0.25) is 19.7 Å². The standard InChI is InChI=1S/C19H22Cl2N2O3/c1-11-15(9-14(20)10-16(11)21)12-4-6-23(7-5-12)18(25)3-2-13-8-17(24)22-19(13)26/h9-10,12-13H,2-8H2,1H3,(H,22,24,26)/t13-/m0/s1. The number of likely N-dealkylation sites (tertiary alicyclic amines) is 1. The summed E-state index contributed by atoms with van der Waals surface area (Å²) in [6.45, 7) is 3.37. The normalized spacial score (nSPS) is 21.2. The van der Waals surface area contributed by atoms with Gasteiger partial charge in [0, 0.05) is 41.9 Å². The maximum atomic E-state index is 12.4. The van der Waals surface area contributed by atoms with Crippen LogP contribution in [0.15, 0.2) is 12.1 Å². The molecule has 3 amide bonds. The first-order valence-corrected chi connectivity index (χ1v) is 9.67. The first kappa shape index (κ1) is 19.2. The van der Waals surface area contributed by atoms with E-state index in [1.54, 1.807) is 6.07 Å². The van der Waals surface area contributed by atoms with Crippen molar-refractivity contribution in [1.82, 2.24) is 10.2 Å². The smallest absolute Gasteiger partial charge is 0.230 e. The molecule has 3 rings (SSSR count). The van der Waals surface area contributed by atoms with Gasteiger partial charge in [0.2, 0.25) is 17.7 Å². The first-order chi connectivity index (χ1) is 12.3. The number of benzene rings is 1. The average Bonchev–Trinajstić information content (AvgIpc) is 2.93. The molecule has 0 radical (unpaired) electrons. The van der Waals surface area contributed by atoms with Crippen molar-refractivity contribution in [2.24, 2.45) is 5.92 Å². The van der Waals surface area contributed by atoms with Crippen molar-refractivity contribution in [3.05, 3.63) is 33.3 Å². The second kappa shape index (κ2) is 7.97. The predicted octanol–water partition coefficient (Wildman–Crippen LogP) is 3.45. The zero-order chi connectivity index (χ0) is 18.8. The highest BCUT2D eigenvalue weighted by Gasteiger charge is 2.32. The lowest BCUT2D eigenvalue weighted by molar-refractivity contribution is -0.132. The topological polar surface area (TPSA) is 66.5 Å². The number of halogens is 2. The van der Waals surface area contributed by atoms with E-state index < -0.39 is 0 Å². The highest BCUT2D eigenvalue weighted by molar-refractivity contribution is 6.35. The Bertz CT molecular complexity index is 743. The molecule has 1 aromatic carbocycles. The van der Waals surface area contributed by atoms with Crippen molar-refractivity contribution < 1.29 is 14.4 Å². The summed E-state index contributed by atoms with van der Waals surface area (Å²) in [4.78, 5) is 37.1. The van der Waals surface area contributed by atoms with Gasteiger partial charge in [0.25, 0.3) is 0 Å². The van der Waals surface area contributed by atoms with Gasteiger partial charge in [0.05, 0.1) is 0 Å². The van der Waals surface area contributed by atoms with Crippen LogP contribution in [0, 0.1) is 12.8 Å². The van der Waals surface area contributed by atoms with E-state index in [0.717, 1.165) is 24.0 Å². The van der Waals surface area contributed by atoms with E-state index in [1.807, 2.05) is 17.9 Å². The number of carbonyl (C=O) groups is 3. The average molecular weight is 397 g/mol. The highest BCUT2D eigenvalue weighted by atomic mass is 35.5. The molecule has 7 heteroatoms. The number of piperidine rings is 1. The molecule has 26 heavy (non-hydrogen) atoms. The Morgan fingerprint density at radius 3 is 2.54 bits per heavy atom. The Morgan fingerprint density at radius 1 is 1.23 bits per heavy atom. The van der Waals surface area contributed by atoms with Crippen LogP contribution in [0.1, 0.15) is 49.1 Å². The van der Waals surface area contributed by atoms with E-state index in [-0.39, 0.29) is 30.1 Å². The molecule has 2 aliphatic heterocycles. The van der Waals surface area contributed by atoms with Gasteiger partial charge < -0.3 is 4.90 Å². The molecule has 0 saturated carbocycles. The van der Waals surface area contributed by atoms with Crippen LogP contribution in [-0.2, 0) is 14.4 Å². The quantitative estimate of drug-likeness (QED) is 0.792. The summed E-state index contributed by atoms with van der Waals surface area (Å²) in [5.74, 6) is -0.469. The molecular weight excluding hydrogens is 375 g/mol. The molecule has 2 heterocycles. The lowest BCUT2D eigenvalue weighted by Crippen LogP contribution is -2.38. The summed E-state index contributed by atoms with van der Waals surface area (Å²) in [6.07, 6.45) is 2.66. The van der Waals surface area contributed by atoms with Crippen LogP contribution in [0.25, 0.3) is 0 Å². The van der Waals surface area contributed by atoms with E-state index in [1.165, 1.54) is 0 Å². The fourth-order valence-electron chi connectivity index (χ4n) is 3.83. The second-order valence-corrected chi connectivity index (χ2v) is 7.95. The number of hydrogen-bond donors (Lipinski definition) is 1. The Hall–Kier alpha value is -1.59. The minimum atomic E-state index is -0.361. The third kappa shape index (κ3) is 4.21. The van der Waals surface area contributed by atoms with Crippen LogP contribution in [0.3, 0.4) is 0 Å². The van der Waals surface area contributed by atoms with Crippen LogP contribution in [0.2, 0.25) is 10.0 Å². The van der Waals surface area contributed by atoms with Crippen LogP contribution in [-0.4, -0.2) is 35.7 Å². The van der Waals surface area contributed by atoms with Gasteiger partial charge in [-0.15, -0.1) is 0 Å². The summed E-state index contributed by atoms with van der Waals surface area (Å²) < 4.78 is 0. The van der Waals surface area contributed by atoms with Crippen molar-refractivity contribution in [3.63, 3.8) is 0 Å². The van der Waals surface area contributed by atoms with E-state index in [0.29, 0.717) is 41.9 Å². The number of rotatable bonds is 4. The van der Waals surface area contributed by atoms with Gasteiger partial charge in [-0.2, -0.15) is 0 Å². The molecule has 2 fully saturated rings. The van der Waals surface area contributed by atoms with Crippen molar-refractivity contribution in [3.8, 4) is 0 Å². The van der Waals surface area contributed by atoms with Crippen LogP contribution in [0.4, 0.5) is 0 Å². The van der Waals surface area contributed by atoms with Gasteiger partial charge in [-0.1, -0.05) is 23.2 Å². The number of carbonyl (C=O) groups excluding carboxylic acids is 3. The maximum Gasteiger partial charge on any atom is 0.230 e. The number of amides is 3. The number of hydrogen-bond acceptors (Lipinski definition) is 3. The van der Waals surface area contributed by atoms with E-state index in [4.69, 9.17) is 23.2 Å². The fraction of sp³-hybridized carbons (Fsp3) is 0.526. The maximum absolute atomic E-state index is 12.4. The number of nitrogens with one attached hydrogen (secondary N) is 1. The SMILES string of the molecule is Cc1c(Cl)cc(Cl)cc1C1CCN(C(=O)CC[C@H]2CC(=O)NC2=O)CC1. The molecule has 0 aliphatic carbocycles. The molecular formula is C19H22Cl2N2O3. The van der Waals surface area contributed by atoms with Gasteiger partial charge in [-0.25, -0.2) is 0 Å². The Kier molecular flexibility index (Phi) is 5.88. The Morgan fingerprint density at radius 2 is 1.92 bits per heavy atom. The minimum absolute atomic E-state index is 0.0523.